The van der Waals surface area contributed by atoms with E-state index in [1.807, 2.05) is 5.38 Å². The van der Waals surface area contributed by atoms with Crippen molar-refractivity contribution in [3.8, 4) is 11.8 Å². The number of carbonyl (C=O) groups is 1. The van der Waals surface area contributed by atoms with Crippen molar-refractivity contribution in [2.45, 2.75) is 6.54 Å². The van der Waals surface area contributed by atoms with E-state index in [1.165, 1.54) is 29.5 Å². The minimum Gasteiger partial charge on any atom is -0.346 e. The summed E-state index contributed by atoms with van der Waals surface area (Å²) in [5.74, 6) is 4.35. The molecule has 0 fully saturated rings. The summed E-state index contributed by atoms with van der Waals surface area (Å²) in [6.45, 7) is 0.475. The van der Waals surface area contributed by atoms with Crippen LogP contribution in [0.2, 0.25) is 0 Å². The lowest BCUT2D eigenvalue weighted by Crippen LogP contribution is -2.24. The van der Waals surface area contributed by atoms with Crippen molar-refractivity contribution < 1.29 is 9.18 Å². The molecule has 102 valence electrons. The molecule has 1 heterocycles. The van der Waals surface area contributed by atoms with Crippen LogP contribution in [0.25, 0.3) is 0 Å². The lowest BCUT2D eigenvalue weighted by atomic mass is 10.1. The molecule has 0 radical (unpaired) electrons. The van der Waals surface area contributed by atoms with Crippen LogP contribution in [0.4, 0.5) is 4.39 Å². The maximum absolute atomic E-state index is 13.7. The number of carbonyl (C=O) groups excluding carboxylic acids is 1. The average molecular weight is 289 g/mol. The number of nitrogens with one attached hydrogen (secondary N) is 1. The molecule has 0 aliphatic carbocycles. The Balaban J connectivity index is 2.12. The molecule has 1 aromatic carbocycles. The second-order valence-corrected chi connectivity index (χ2v) is 4.58. The first-order valence-corrected chi connectivity index (χ1v) is 6.78. The van der Waals surface area contributed by atoms with Crippen LogP contribution in [-0.4, -0.2) is 17.4 Å². The zero-order valence-corrected chi connectivity index (χ0v) is 11.3. The topological polar surface area (TPSA) is 68.0 Å². The highest BCUT2D eigenvalue weighted by Gasteiger charge is 2.12. The van der Waals surface area contributed by atoms with E-state index in [0.29, 0.717) is 5.56 Å². The maximum Gasteiger partial charge on any atom is 0.254 e. The van der Waals surface area contributed by atoms with Crippen LogP contribution in [0.3, 0.4) is 0 Å². The van der Waals surface area contributed by atoms with E-state index < -0.39 is 11.7 Å². The van der Waals surface area contributed by atoms with E-state index in [-0.39, 0.29) is 18.7 Å². The molecule has 0 bridgehead atoms. The molecular formula is C14H12FN3OS. The molecule has 20 heavy (non-hydrogen) atoms. The van der Waals surface area contributed by atoms with Crippen molar-refractivity contribution >= 4 is 17.2 Å². The van der Waals surface area contributed by atoms with Crippen molar-refractivity contribution in [3.05, 3.63) is 51.7 Å². The summed E-state index contributed by atoms with van der Waals surface area (Å²) >= 11 is 1.44. The molecule has 0 unspecified atom stereocenters. The Morgan fingerprint density at radius 3 is 3.05 bits per heavy atom. The van der Waals surface area contributed by atoms with Crippen LogP contribution in [-0.2, 0) is 6.54 Å². The Morgan fingerprint density at radius 2 is 2.35 bits per heavy atom. The van der Waals surface area contributed by atoms with Gasteiger partial charge in [0.1, 0.15) is 5.82 Å². The second kappa shape index (κ2) is 6.80. The van der Waals surface area contributed by atoms with Gasteiger partial charge < -0.3 is 11.1 Å². The summed E-state index contributed by atoms with van der Waals surface area (Å²) < 4.78 is 13.7. The first kappa shape index (κ1) is 14.2. The first-order valence-electron chi connectivity index (χ1n) is 5.84. The van der Waals surface area contributed by atoms with E-state index in [1.54, 1.807) is 5.51 Å². The monoisotopic (exact) mass is 289 g/mol. The molecule has 0 saturated carbocycles. The summed E-state index contributed by atoms with van der Waals surface area (Å²) in [7, 11) is 0. The number of aromatic nitrogens is 1. The van der Waals surface area contributed by atoms with Gasteiger partial charge in [-0.15, -0.1) is 11.3 Å². The molecule has 0 spiro atoms. The molecule has 3 N–H and O–H groups in total. The number of thiazole rings is 1. The maximum atomic E-state index is 13.7. The fraction of sp³-hybridized carbons (Fsp3) is 0.143. The number of hydrogen-bond acceptors (Lipinski definition) is 4. The summed E-state index contributed by atoms with van der Waals surface area (Å²) in [5.41, 5.74) is 8.20. The van der Waals surface area contributed by atoms with Crippen LogP contribution in [0.1, 0.15) is 21.6 Å². The molecule has 4 nitrogen and oxygen atoms in total. The molecule has 0 aliphatic heterocycles. The van der Waals surface area contributed by atoms with Crippen LogP contribution >= 0.6 is 11.3 Å². The fourth-order valence-electron chi connectivity index (χ4n) is 1.52. The Bertz CT molecular complexity index is 659. The van der Waals surface area contributed by atoms with Crippen molar-refractivity contribution in [2.75, 3.05) is 6.54 Å². The molecule has 2 rings (SSSR count). The van der Waals surface area contributed by atoms with Crippen molar-refractivity contribution in [1.29, 1.82) is 0 Å². The predicted octanol–water partition coefficient (Wildman–Crippen LogP) is 1.52. The van der Waals surface area contributed by atoms with Gasteiger partial charge in [-0.3, -0.25) is 4.79 Å². The zero-order valence-electron chi connectivity index (χ0n) is 10.5. The van der Waals surface area contributed by atoms with Gasteiger partial charge in [0.2, 0.25) is 0 Å². The minimum absolute atomic E-state index is 0.0379. The van der Waals surface area contributed by atoms with Gasteiger partial charge in [-0.25, -0.2) is 9.37 Å². The van der Waals surface area contributed by atoms with E-state index in [9.17, 15) is 9.18 Å². The molecular weight excluding hydrogens is 277 g/mol. The third kappa shape index (κ3) is 3.63. The van der Waals surface area contributed by atoms with Gasteiger partial charge in [0, 0.05) is 10.9 Å². The van der Waals surface area contributed by atoms with Gasteiger partial charge in [-0.1, -0.05) is 11.8 Å². The minimum atomic E-state index is -0.584. The van der Waals surface area contributed by atoms with Gasteiger partial charge in [-0.05, 0) is 18.2 Å². The van der Waals surface area contributed by atoms with E-state index in [0.717, 1.165) is 5.69 Å². The van der Waals surface area contributed by atoms with Gasteiger partial charge in [0.15, 0.2) is 0 Å². The van der Waals surface area contributed by atoms with E-state index in [4.69, 9.17) is 5.73 Å². The highest BCUT2D eigenvalue weighted by Crippen LogP contribution is 2.10. The Kier molecular flexibility index (Phi) is 4.82. The number of amides is 1. The number of halogens is 1. The van der Waals surface area contributed by atoms with Gasteiger partial charge in [0.05, 0.1) is 29.9 Å². The molecule has 6 heteroatoms. The largest absolute Gasteiger partial charge is 0.346 e. The molecule has 2 aromatic rings. The lowest BCUT2D eigenvalue weighted by molar-refractivity contribution is 0.0946. The third-order valence-corrected chi connectivity index (χ3v) is 3.09. The Morgan fingerprint density at radius 1 is 1.50 bits per heavy atom. The van der Waals surface area contributed by atoms with Gasteiger partial charge in [-0.2, -0.15) is 0 Å². The molecule has 0 saturated heterocycles. The molecule has 1 amide bonds. The van der Waals surface area contributed by atoms with Gasteiger partial charge >= 0.3 is 0 Å². The molecule has 1 aromatic heterocycles. The zero-order chi connectivity index (χ0) is 14.4. The third-order valence-electron chi connectivity index (χ3n) is 2.46. The standard InChI is InChI=1S/C14H12FN3OS/c15-13-4-3-10(2-1-5-16)6-12(13)14(19)17-7-11-8-20-9-18-11/h3-4,6,8-9H,5,7,16H2,(H,17,19). The number of hydrogen-bond donors (Lipinski definition) is 2. The predicted molar refractivity (Wildman–Crippen MR) is 75.6 cm³/mol. The van der Waals surface area contributed by atoms with Crippen LogP contribution in [0.5, 0.6) is 0 Å². The Hall–Kier alpha value is -2.23. The quantitative estimate of drug-likeness (QED) is 0.842. The van der Waals surface area contributed by atoms with Crippen molar-refractivity contribution in [1.82, 2.24) is 10.3 Å². The number of benzene rings is 1. The van der Waals surface area contributed by atoms with Crippen LogP contribution in [0.15, 0.2) is 29.1 Å². The van der Waals surface area contributed by atoms with E-state index in [2.05, 4.69) is 22.1 Å². The number of nitrogens with two attached hydrogens (primary N) is 1. The van der Waals surface area contributed by atoms with Crippen molar-refractivity contribution in [3.63, 3.8) is 0 Å². The highest BCUT2D eigenvalue weighted by atomic mass is 32.1. The number of rotatable bonds is 3. The second-order valence-electron chi connectivity index (χ2n) is 3.86. The van der Waals surface area contributed by atoms with E-state index >= 15 is 0 Å². The van der Waals surface area contributed by atoms with Crippen LogP contribution < -0.4 is 11.1 Å². The summed E-state index contributed by atoms with van der Waals surface area (Å²) in [5, 5.41) is 4.44. The Labute approximate surface area is 119 Å². The smallest absolute Gasteiger partial charge is 0.254 e. The fourth-order valence-corrected chi connectivity index (χ4v) is 2.08. The first-order chi connectivity index (χ1) is 9.70. The molecule has 0 atom stereocenters. The highest BCUT2D eigenvalue weighted by molar-refractivity contribution is 7.07. The summed E-state index contributed by atoms with van der Waals surface area (Å²) in [4.78, 5) is 16.0. The molecule has 0 aliphatic rings. The van der Waals surface area contributed by atoms with Gasteiger partial charge in [0.25, 0.3) is 5.91 Å². The average Bonchev–Trinajstić information content (AvgIpc) is 2.97. The van der Waals surface area contributed by atoms with Crippen molar-refractivity contribution in [2.24, 2.45) is 5.73 Å². The number of nitrogens with zero attached hydrogens (tertiary/aromatic N) is 1. The summed E-state index contributed by atoms with van der Waals surface area (Å²) in [6.07, 6.45) is 0. The normalized spacial score (nSPS) is 9.70. The lowest BCUT2D eigenvalue weighted by Gasteiger charge is -2.05. The van der Waals surface area contributed by atoms with Crippen LogP contribution in [0, 0.1) is 17.7 Å². The SMILES string of the molecule is NCC#Cc1ccc(F)c(C(=O)NCc2cscn2)c1. The summed E-state index contributed by atoms with van der Waals surface area (Å²) in [6, 6.07) is 4.14.